The molecule has 0 saturated heterocycles. The average Bonchev–Trinajstić information content (AvgIpc) is 2.46. The van der Waals surface area contributed by atoms with Gasteiger partial charge in [0.15, 0.2) is 0 Å². The number of nitrogens with one attached hydrogen (secondary N) is 2. The molecule has 1 rings (SSSR count). The van der Waals surface area contributed by atoms with Crippen LogP contribution in [-0.4, -0.2) is 12.6 Å². The van der Waals surface area contributed by atoms with Crippen LogP contribution in [-0.2, 0) is 6.54 Å². The molecule has 0 atom stereocenters. The summed E-state index contributed by atoms with van der Waals surface area (Å²) in [6.07, 6.45) is 7.12. The van der Waals surface area contributed by atoms with Crippen LogP contribution in [0.15, 0.2) is 54.1 Å². The molecule has 3 heteroatoms. The number of rotatable bonds is 6. The van der Waals surface area contributed by atoms with Gasteiger partial charge in [0.25, 0.3) is 0 Å². The van der Waals surface area contributed by atoms with E-state index in [-0.39, 0.29) is 6.03 Å². The van der Waals surface area contributed by atoms with Gasteiger partial charge in [-0.25, -0.2) is 4.79 Å². The Kier molecular flexibility index (Phi) is 7.10. The zero-order valence-electron chi connectivity index (χ0n) is 11.6. The maximum absolute atomic E-state index is 11.6. The molecular weight excluding hydrogens is 236 g/mol. The van der Waals surface area contributed by atoms with Gasteiger partial charge < -0.3 is 10.6 Å². The maximum Gasteiger partial charge on any atom is 0.315 e. The standard InChI is InChI=1S/C16H22N2O/c1-3-5-9-14(4-2)12-17-16(19)18-13-15-10-7-6-8-11-15/h4-11H,3,12-13H2,1-2H3,(H2,17,18,19)/b9-5-,14-4+. The molecular formula is C16H22N2O. The summed E-state index contributed by atoms with van der Waals surface area (Å²) in [7, 11) is 0. The van der Waals surface area contributed by atoms with Crippen LogP contribution in [0, 0.1) is 0 Å². The third-order valence-corrected chi connectivity index (χ3v) is 2.69. The van der Waals surface area contributed by atoms with Crippen molar-refractivity contribution in [1.82, 2.24) is 10.6 Å². The SMILES string of the molecule is C/C=C(\C=C/CC)CNC(=O)NCc1ccccc1. The molecule has 3 nitrogen and oxygen atoms in total. The first-order valence-corrected chi connectivity index (χ1v) is 6.63. The van der Waals surface area contributed by atoms with E-state index in [4.69, 9.17) is 0 Å². The van der Waals surface area contributed by atoms with Crippen molar-refractivity contribution in [3.63, 3.8) is 0 Å². The molecule has 0 unspecified atom stereocenters. The predicted molar refractivity (Wildman–Crippen MR) is 79.9 cm³/mol. The number of allylic oxidation sites excluding steroid dienone is 2. The first kappa shape index (κ1) is 15.0. The van der Waals surface area contributed by atoms with Crippen LogP contribution in [0.25, 0.3) is 0 Å². The van der Waals surface area contributed by atoms with E-state index < -0.39 is 0 Å². The molecule has 2 amide bonds. The second kappa shape index (κ2) is 8.97. The molecule has 102 valence electrons. The van der Waals surface area contributed by atoms with Crippen LogP contribution in [0.2, 0.25) is 0 Å². The van der Waals surface area contributed by atoms with Crippen molar-refractivity contribution >= 4 is 6.03 Å². The topological polar surface area (TPSA) is 41.1 Å². The van der Waals surface area contributed by atoms with Gasteiger partial charge in [-0.15, -0.1) is 0 Å². The predicted octanol–water partition coefficient (Wildman–Crippen LogP) is 3.40. The van der Waals surface area contributed by atoms with E-state index in [1.165, 1.54) is 0 Å². The Morgan fingerprint density at radius 1 is 1.21 bits per heavy atom. The van der Waals surface area contributed by atoms with E-state index >= 15 is 0 Å². The number of carbonyl (C=O) groups is 1. The Balaban J connectivity index is 2.30. The molecule has 0 fully saturated rings. The van der Waals surface area contributed by atoms with Gasteiger partial charge in [-0.2, -0.15) is 0 Å². The number of benzene rings is 1. The summed E-state index contributed by atoms with van der Waals surface area (Å²) in [5.41, 5.74) is 2.20. The monoisotopic (exact) mass is 258 g/mol. The third kappa shape index (κ3) is 6.46. The second-order valence-electron chi connectivity index (χ2n) is 4.20. The lowest BCUT2D eigenvalue weighted by molar-refractivity contribution is 0.241. The minimum absolute atomic E-state index is 0.145. The molecule has 1 aromatic carbocycles. The van der Waals surface area contributed by atoms with E-state index in [0.29, 0.717) is 13.1 Å². The molecule has 0 aromatic heterocycles. The fourth-order valence-corrected chi connectivity index (χ4v) is 1.55. The first-order valence-electron chi connectivity index (χ1n) is 6.63. The van der Waals surface area contributed by atoms with Crippen molar-refractivity contribution in [2.24, 2.45) is 0 Å². The van der Waals surface area contributed by atoms with Gasteiger partial charge in [0, 0.05) is 13.1 Å². The van der Waals surface area contributed by atoms with E-state index in [0.717, 1.165) is 17.6 Å². The molecule has 0 radical (unpaired) electrons. The molecule has 0 bridgehead atoms. The lowest BCUT2D eigenvalue weighted by atomic mass is 10.2. The number of hydrogen-bond donors (Lipinski definition) is 2. The van der Waals surface area contributed by atoms with Gasteiger partial charge in [0.05, 0.1) is 0 Å². The van der Waals surface area contributed by atoms with E-state index in [9.17, 15) is 4.79 Å². The van der Waals surface area contributed by atoms with Gasteiger partial charge >= 0.3 is 6.03 Å². The molecule has 0 saturated carbocycles. The van der Waals surface area contributed by atoms with Crippen molar-refractivity contribution in [1.29, 1.82) is 0 Å². The summed E-state index contributed by atoms with van der Waals surface area (Å²) in [6, 6.07) is 9.71. The summed E-state index contributed by atoms with van der Waals surface area (Å²) in [6.45, 7) is 5.15. The smallest absolute Gasteiger partial charge is 0.315 e. The van der Waals surface area contributed by atoms with Crippen molar-refractivity contribution in [3.05, 3.63) is 59.7 Å². The Hall–Kier alpha value is -2.03. The first-order chi connectivity index (χ1) is 9.26. The average molecular weight is 258 g/mol. The lowest BCUT2D eigenvalue weighted by Crippen LogP contribution is -2.35. The molecule has 0 aliphatic heterocycles. The second-order valence-corrected chi connectivity index (χ2v) is 4.20. The van der Waals surface area contributed by atoms with Gasteiger partial charge in [0.2, 0.25) is 0 Å². The van der Waals surface area contributed by atoms with Crippen LogP contribution in [0.3, 0.4) is 0 Å². The highest BCUT2D eigenvalue weighted by molar-refractivity contribution is 5.74. The Morgan fingerprint density at radius 3 is 2.58 bits per heavy atom. The molecule has 2 N–H and O–H groups in total. The van der Waals surface area contributed by atoms with Gasteiger partial charge in [-0.05, 0) is 24.5 Å². The molecule has 0 aliphatic rings. The summed E-state index contributed by atoms with van der Waals surface area (Å²) >= 11 is 0. The molecule has 0 aliphatic carbocycles. The minimum Gasteiger partial charge on any atom is -0.334 e. The summed E-state index contributed by atoms with van der Waals surface area (Å²) < 4.78 is 0. The van der Waals surface area contributed by atoms with Crippen LogP contribution in [0.1, 0.15) is 25.8 Å². The summed E-state index contributed by atoms with van der Waals surface area (Å²) in [4.78, 5) is 11.6. The van der Waals surface area contributed by atoms with E-state index in [1.807, 2.05) is 49.4 Å². The number of carbonyl (C=O) groups excluding carboxylic acids is 1. The van der Waals surface area contributed by atoms with Gasteiger partial charge in [0.1, 0.15) is 0 Å². The third-order valence-electron chi connectivity index (χ3n) is 2.69. The lowest BCUT2D eigenvalue weighted by Gasteiger charge is -2.08. The zero-order chi connectivity index (χ0) is 13.9. The molecule has 19 heavy (non-hydrogen) atoms. The van der Waals surface area contributed by atoms with Crippen LogP contribution in [0.5, 0.6) is 0 Å². The van der Waals surface area contributed by atoms with E-state index in [1.54, 1.807) is 0 Å². The van der Waals surface area contributed by atoms with E-state index in [2.05, 4.69) is 23.6 Å². The zero-order valence-corrected chi connectivity index (χ0v) is 11.6. The Labute approximate surface area is 115 Å². The quantitative estimate of drug-likeness (QED) is 0.754. The molecule has 1 aromatic rings. The fraction of sp³-hybridized carbons (Fsp3) is 0.312. The highest BCUT2D eigenvalue weighted by atomic mass is 16.2. The minimum atomic E-state index is -0.145. The van der Waals surface area contributed by atoms with Crippen molar-refractivity contribution in [2.75, 3.05) is 6.54 Å². The number of urea groups is 1. The van der Waals surface area contributed by atoms with Crippen molar-refractivity contribution in [3.8, 4) is 0 Å². The van der Waals surface area contributed by atoms with Crippen molar-refractivity contribution < 1.29 is 4.79 Å². The Morgan fingerprint density at radius 2 is 1.95 bits per heavy atom. The maximum atomic E-state index is 11.6. The highest BCUT2D eigenvalue weighted by Gasteiger charge is 2.00. The molecule has 0 spiro atoms. The largest absolute Gasteiger partial charge is 0.334 e. The number of amides is 2. The Bertz CT molecular complexity index is 435. The van der Waals surface area contributed by atoms with Crippen LogP contribution >= 0.6 is 0 Å². The normalized spacial score (nSPS) is 11.6. The van der Waals surface area contributed by atoms with Crippen LogP contribution < -0.4 is 10.6 Å². The number of hydrogen-bond acceptors (Lipinski definition) is 1. The van der Waals surface area contributed by atoms with Crippen molar-refractivity contribution in [2.45, 2.75) is 26.8 Å². The summed E-state index contributed by atoms with van der Waals surface area (Å²) in [5.74, 6) is 0. The highest BCUT2D eigenvalue weighted by Crippen LogP contribution is 1.98. The summed E-state index contributed by atoms with van der Waals surface area (Å²) in [5, 5.41) is 5.68. The van der Waals surface area contributed by atoms with Gasteiger partial charge in [-0.3, -0.25) is 0 Å². The van der Waals surface area contributed by atoms with Gasteiger partial charge in [-0.1, -0.05) is 55.5 Å². The fourth-order valence-electron chi connectivity index (χ4n) is 1.55. The molecule has 0 heterocycles. The van der Waals surface area contributed by atoms with Crippen LogP contribution in [0.4, 0.5) is 4.79 Å².